The van der Waals surface area contributed by atoms with E-state index in [9.17, 15) is 18.3 Å². The molecule has 13 heavy (non-hydrogen) atoms. The highest BCUT2D eigenvalue weighted by atomic mass is 19.4. The smallest absolute Gasteiger partial charge is 0.378 e. The molecule has 0 amide bonds. The Labute approximate surface area is 74.9 Å². The van der Waals surface area contributed by atoms with Crippen LogP contribution in [0.2, 0.25) is 0 Å². The predicted molar refractivity (Wildman–Crippen MR) is 41.9 cm³/mol. The highest BCUT2D eigenvalue weighted by Crippen LogP contribution is 2.27. The Kier molecular flexibility index (Phi) is 2.87. The van der Waals surface area contributed by atoms with Gasteiger partial charge in [-0.1, -0.05) is 12.3 Å². The predicted octanol–water partition coefficient (Wildman–Crippen LogP) is 2.25. The lowest BCUT2D eigenvalue weighted by Crippen LogP contribution is -2.29. The first-order valence-corrected chi connectivity index (χ1v) is 4.25. The van der Waals surface area contributed by atoms with E-state index in [1.807, 2.05) is 5.92 Å². The van der Waals surface area contributed by atoms with Crippen molar-refractivity contribution in [2.24, 2.45) is 0 Å². The Bertz CT molecular complexity index is 227. The second kappa shape index (κ2) is 3.59. The summed E-state index contributed by atoms with van der Waals surface area (Å²) >= 11 is 0. The molecule has 0 saturated heterocycles. The third-order valence-electron chi connectivity index (χ3n) is 2.12. The van der Waals surface area contributed by atoms with Crippen molar-refractivity contribution in [3.8, 4) is 11.8 Å². The summed E-state index contributed by atoms with van der Waals surface area (Å²) in [4.78, 5) is 0. The zero-order chi connectivity index (χ0) is 9.95. The fraction of sp³-hybridized carbons (Fsp3) is 0.778. The van der Waals surface area contributed by atoms with E-state index in [0.29, 0.717) is 12.8 Å². The number of rotatable bonds is 0. The third kappa shape index (κ3) is 3.69. The van der Waals surface area contributed by atoms with E-state index in [-0.39, 0.29) is 0 Å². The Morgan fingerprint density at radius 3 is 2.08 bits per heavy atom. The number of alkyl halides is 3. The Morgan fingerprint density at radius 2 is 1.62 bits per heavy atom. The molecule has 1 rings (SSSR count). The molecule has 4 heteroatoms. The minimum Gasteiger partial charge on any atom is -0.378 e. The third-order valence-corrected chi connectivity index (χ3v) is 2.12. The van der Waals surface area contributed by atoms with Gasteiger partial charge in [-0.15, -0.1) is 0 Å². The van der Waals surface area contributed by atoms with Crippen molar-refractivity contribution in [2.75, 3.05) is 0 Å². The Balaban J connectivity index is 2.63. The number of hydrogen-bond acceptors (Lipinski definition) is 1. The molecule has 0 bridgehead atoms. The van der Waals surface area contributed by atoms with E-state index < -0.39 is 11.8 Å². The number of halogens is 3. The van der Waals surface area contributed by atoms with Gasteiger partial charge in [0.25, 0.3) is 0 Å². The second-order valence-electron chi connectivity index (χ2n) is 3.34. The van der Waals surface area contributed by atoms with Crippen molar-refractivity contribution in [2.45, 2.75) is 43.9 Å². The molecule has 0 aliphatic heterocycles. The molecule has 0 atom stereocenters. The minimum absolute atomic E-state index is 0.357. The maximum Gasteiger partial charge on any atom is 0.457 e. The summed E-state index contributed by atoms with van der Waals surface area (Å²) in [6.07, 6.45) is -1.30. The molecule has 0 aromatic carbocycles. The van der Waals surface area contributed by atoms with Gasteiger partial charge in [-0.25, -0.2) is 0 Å². The van der Waals surface area contributed by atoms with Crippen molar-refractivity contribution in [3.05, 3.63) is 0 Å². The van der Waals surface area contributed by atoms with Gasteiger partial charge in [0.1, 0.15) is 5.60 Å². The summed E-state index contributed by atoms with van der Waals surface area (Å²) in [5.74, 6) is 3.05. The standard InChI is InChI=1S/C9H11F3O/c10-9(11,12)7-6-8(13)4-2-1-3-5-8/h13H,1-5H2. The first kappa shape index (κ1) is 10.4. The average molecular weight is 192 g/mol. The van der Waals surface area contributed by atoms with Gasteiger partial charge in [0, 0.05) is 5.92 Å². The van der Waals surface area contributed by atoms with Crippen LogP contribution in [0.5, 0.6) is 0 Å². The van der Waals surface area contributed by atoms with Gasteiger partial charge in [-0.05, 0) is 25.7 Å². The van der Waals surface area contributed by atoms with Crippen LogP contribution in [0.3, 0.4) is 0 Å². The lowest BCUT2D eigenvalue weighted by atomic mass is 9.85. The lowest BCUT2D eigenvalue weighted by Gasteiger charge is -2.26. The molecule has 0 radical (unpaired) electrons. The Morgan fingerprint density at radius 1 is 1.08 bits per heavy atom. The molecule has 1 aliphatic carbocycles. The summed E-state index contributed by atoms with van der Waals surface area (Å²) in [7, 11) is 0. The van der Waals surface area contributed by atoms with Gasteiger partial charge in [0.15, 0.2) is 0 Å². The van der Waals surface area contributed by atoms with Crippen LogP contribution >= 0.6 is 0 Å². The Hall–Kier alpha value is -0.690. The van der Waals surface area contributed by atoms with Crippen LogP contribution in [-0.2, 0) is 0 Å². The normalized spacial score (nSPS) is 21.8. The van der Waals surface area contributed by atoms with E-state index in [4.69, 9.17) is 0 Å². The van der Waals surface area contributed by atoms with E-state index in [2.05, 4.69) is 0 Å². The quantitative estimate of drug-likeness (QED) is 0.583. The molecule has 0 spiro atoms. The van der Waals surface area contributed by atoms with E-state index in [0.717, 1.165) is 25.2 Å². The molecule has 74 valence electrons. The van der Waals surface area contributed by atoms with E-state index in [1.165, 1.54) is 0 Å². The van der Waals surface area contributed by atoms with Crippen LogP contribution in [0.15, 0.2) is 0 Å². The molecule has 1 saturated carbocycles. The number of hydrogen-bond donors (Lipinski definition) is 1. The van der Waals surface area contributed by atoms with Gasteiger partial charge in [0.2, 0.25) is 0 Å². The van der Waals surface area contributed by atoms with Crippen LogP contribution in [0, 0.1) is 11.8 Å². The van der Waals surface area contributed by atoms with Gasteiger partial charge in [-0.3, -0.25) is 0 Å². The van der Waals surface area contributed by atoms with E-state index in [1.54, 1.807) is 0 Å². The topological polar surface area (TPSA) is 20.2 Å². The molecule has 0 aromatic heterocycles. The molecular weight excluding hydrogens is 181 g/mol. The molecule has 1 aliphatic rings. The molecule has 0 aromatic rings. The molecule has 1 nitrogen and oxygen atoms in total. The fourth-order valence-electron chi connectivity index (χ4n) is 1.45. The molecule has 1 N–H and O–H groups in total. The zero-order valence-corrected chi connectivity index (χ0v) is 7.12. The van der Waals surface area contributed by atoms with Crippen molar-refractivity contribution in [1.82, 2.24) is 0 Å². The van der Waals surface area contributed by atoms with Crippen LogP contribution in [0.25, 0.3) is 0 Å². The van der Waals surface area contributed by atoms with Crippen LogP contribution in [0.1, 0.15) is 32.1 Å². The second-order valence-corrected chi connectivity index (χ2v) is 3.34. The van der Waals surface area contributed by atoms with Crippen LogP contribution < -0.4 is 0 Å². The van der Waals surface area contributed by atoms with Gasteiger partial charge in [-0.2, -0.15) is 13.2 Å². The van der Waals surface area contributed by atoms with E-state index >= 15 is 0 Å². The van der Waals surface area contributed by atoms with Gasteiger partial charge >= 0.3 is 6.18 Å². The van der Waals surface area contributed by atoms with Crippen molar-refractivity contribution in [3.63, 3.8) is 0 Å². The molecule has 1 fully saturated rings. The molecular formula is C9H11F3O. The maximum atomic E-state index is 11.7. The lowest BCUT2D eigenvalue weighted by molar-refractivity contribution is -0.0706. The molecule has 0 unspecified atom stereocenters. The largest absolute Gasteiger partial charge is 0.457 e. The summed E-state index contributed by atoms with van der Waals surface area (Å²) in [5.41, 5.74) is -1.40. The fourth-order valence-corrected chi connectivity index (χ4v) is 1.45. The molecule has 0 heterocycles. The average Bonchev–Trinajstić information content (AvgIpc) is 2.02. The maximum absolute atomic E-state index is 11.7. The van der Waals surface area contributed by atoms with Crippen molar-refractivity contribution < 1.29 is 18.3 Å². The summed E-state index contributed by atoms with van der Waals surface area (Å²) in [6.45, 7) is 0. The van der Waals surface area contributed by atoms with Crippen LogP contribution in [0.4, 0.5) is 13.2 Å². The summed E-state index contributed by atoms with van der Waals surface area (Å²) in [5, 5.41) is 9.56. The number of aliphatic hydroxyl groups is 1. The SMILES string of the molecule is OC1(C#CC(F)(F)F)CCCCC1. The highest BCUT2D eigenvalue weighted by Gasteiger charge is 2.29. The highest BCUT2D eigenvalue weighted by molar-refractivity contribution is 5.17. The summed E-state index contributed by atoms with van der Waals surface area (Å²) < 4.78 is 35.1. The monoisotopic (exact) mass is 192 g/mol. The van der Waals surface area contributed by atoms with Crippen LogP contribution in [-0.4, -0.2) is 16.9 Å². The zero-order valence-electron chi connectivity index (χ0n) is 7.12. The minimum atomic E-state index is -4.49. The van der Waals surface area contributed by atoms with Gasteiger partial charge < -0.3 is 5.11 Å². The van der Waals surface area contributed by atoms with Crippen molar-refractivity contribution >= 4 is 0 Å². The van der Waals surface area contributed by atoms with Gasteiger partial charge in [0.05, 0.1) is 0 Å². The first-order valence-electron chi connectivity index (χ1n) is 4.25. The first-order chi connectivity index (χ1) is 5.91. The summed E-state index contributed by atoms with van der Waals surface area (Å²) in [6, 6.07) is 0. The van der Waals surface area contributed by atoms with Crippen molar-refractivity contribution in [1.29, 1.82) is 0 Å².